The summed E-state index contributed by atoms with van der Waals surface area (Å²) in [6, 6.07) is 9.15. The molecule has 1 unspecified atom stereocenters. The Morgan fingerprint density at radius 2 is 1.60 bits per heavy atom. The lowest BCUT2D eigenvalue weighted by Crippen LogP contribution is -2.25. The van der Waals surface area contributed by atoms with Crippen LogP contribution in [0.15, 0.2) is 36.4 Å². The molecule has 0 radical (unpaired) electrons. The molecule has 0 saturated heterocycles. The zero-order valence-corrected chi connectivity index (χ0v) is 11.9. The third-order valence-electron chi connectivity index (χ3n) is 3.44. The fraction of sp³-hybridized carbons (Fsp3) is 0.294. The standard InChI is InChI=1S/C17H18F2O/c1-11-4-5-12(2)16(6-11)17(3,20)10-13-7-14(18)9-15(19)8-13/h4-9,20H,10H2,1-3H3. The van der Waals surface area contributed by atoms with Gasteiger partial charge in [-0.3, -0.25) is 0 Å². The number of benzene rings is 2. The second-order valence-electron chi connectivity index (χ2n) is 5.55. The molecule has 2 aromatic rings. The molecule has 0 aromatic heterocycles. The van der Waals surface area contributed by atoms with Crippen molar-refractivity contribution in [2.45, 2.75) is 32.8 Å². The predicted molar refractivity (Wildman–Crippen MR) is 75.5 cm³/mol. The van der Waals surface area contributed by atoms with E-state index in [2.05, 4.69) is 0 Å². The van der Waals surface area contributed by atoms with Crippen molar-refractivity contribution in [3.8, 4) is 0 Å². The maximum absolute atomic E-state index is 13.2. The van der Waals surface area contributed by atoms with Gasteiger partial charge in [-0.05, 0) is 49.6 Å². The average molecular weight is 276 g/mol. The lowest BCUT2D eigenvalue weighted by molar-refractivity contribution is 0.0568. The summed E-state index contributed by atoms with van der Waals surface area (Å²) in [5.74, 6) is -1.26. The Bertz CT molecular complexity index is 613. The third-order valence-corrected chi connectivity index (χ3v) is 3.44. The highest BCUT2D eigenvalue weighted by molar-refractivity contribution is 5.36. The molecule has 106 valence electrons. The van der Waals surface area contributed by atoms with E-state index in [0.717, 1.165) is 22.8 Å². The van der Waals surface area contributed by atoms with E-state index in [1.54, 1.807) is 6.92 Å². The van der Waals surface area contributed by atoms with E-state index in [-0.39, 0.29) is 6.42 Å². The van der Waals surface area contributed by atoms with Gasteiger partial charge in [-0.2, -0.15) is 0 Å². The van der Waals surface area contributed by atoms with Crippen LogP contribution in [0, 0.1) is 25.5 Å². The monoisotopic (exact) mass is 276 g/mol. The minimum atomic E-state index is -1.17. The zero-order valence-electron chi connectivity index (χ0n) is 11.9. The molecule has 2 aromatic carbocycles. The van der Waals surface area contributed by atoms with E-state index in [4.69, 9.17) is 0 Å². The van der Waals surface area contributed by atoms with Gasteiger partial charge in [-0.15, -0.1) is 0 Å². The Kier molecular flexibility index (Phi) is 3.91. The molecule has 0 heterocycles. The molecule has 3 heteroatoms. The Labute approximate surface area is 117 Å². The molecular weight excluding hydrogens is 258 g/mol. The van der Waals surface area contributed by atoms with E-state index in [1.165, 1.54) is 12.1 Å². The van der Waals surface area contributed by atoms with E-state index in [9.17, 15) is 13.9 Å². The normalized spacial score (nSPS) is 14.1. The average Bonchev–Trinajstić information content (AvgIpc) is 2.30. The summed E-state index contributed by atoms with van der Waals surface area (Å²) in [4.78, 5) is 0. The molecule has 20 heavy (non-hydrogen) atoms. The van der Waals surface area contributed by atoms with Gasteiger partial charge >= 0.3 is 0 Å². The van der Waals surface area contributed by atoms with Crippen molar-refractivity contribution in [1.29, 1.82) is 0 Å². The van der Waals surface area contributed by atoms with Gasteiger partial charge in [0.15, 0.2) is 0 Å². The predicted octanol–water partition coefficient (Wildman–Crippen LogP) is 4.03. The summed E-state index contributed by atoms with van der Waals surface area (Å²) >= 11 is 0. The zero-order chi connectivity index (χ0) is 14.9. The number of rotatable bonds is 3. The summed E-state index contributed by atoms with van der Waals surface area (Å²) in [6.07, 6.45) is 0.159. The molecule has 0 saturated carbocycles. The van der Waals surface area contributed by atoms with Gasteiger partial charge in [0.2, 0.25) is 0 Å². The molecule has 1 nitrogen and oxygen atoms in total. The van der Waals surface area contributed by atoms with Crippen LogP contribution >= 0.6 is 0 Å². The number of halogens is 2. The maximum atomic E-state index is 13.2. The first-order valence-electron chi connectivity index (χ1n) is 6.53. The number of aliphatic hydroxyl groups is 1. The summed E-state index contributed by atoms with van der Waals surface area (Å²) in [7, 11) is 0. The van der Waals surface area contributed by atoms with Gasteiger partial charge < -0.3 is 5.11 Å². The smallest absolute Gasteiger partial charge is 0.126 e. The Morgan fingerprint density at radius 1 is 1.00 bits per heavy atom. The van der Waals surface area contributed by atoms with Crippen LogP contribution < -0.4 is 0 Å². The van der Waals surface area contributed by atoms with Gasteiger partial charge in [0.1, 0.15) is 11.6 Å². The summed E-state index contributed by atoms with van der Waals surface area (Å²) in [6.45, 7) is 5.52. The van der Waals surface area contributed by atoms with Crippen molar-refractivity contribution in [2.24, 2.45) is 0 Å². The first-order chi connectivity index (χ1) is 9.28. The molecule has 1 N–H and O–H groups in total. The van der Waals surface area contributed by atoms with Gasteiger partial charge in [0, 0.05) is 12.5 Å². The summed E-state index contributed by atoms with van der Waals surface area (Å²) in [5.41, 5.74) is 2.04. The van der Waals surface area contributed by atoms with Gasteiger partial charge in [-0.1, -0.05) is 23.8 Å². The molecule has 0 bridgehead atoms. The third kappa shape index (κ3) is 3.23. The van der Waals surface area contributed by atoms with Crippen molar-refractivity contribution in [3.63, 3.8) is 0 Å². The molecular formula is C17H18F2O. The maximum Gasteiger partial charge on any atom is 0.126 e. The summed E-state index contributed by atoms with van der Waals surface area (Å²) < 4.78 is 26.5. The van der Waals surface area contributed by atoms with E-state index < -0.39 is 17.2 Å². The number of hydrogen-bond acceptors (Lipinski definition) is 1. The van der Waals surface area contributed by atoms with Gasteiger partial charge in [-0.25, -0.2) is 8.78 Å². The van der Waals surface area contributed by atoms with Crippen molar-refractivity contribution in [2.75, 3.05) is 0 Å². The Balaban J connectivity index is 2.37. The molecule has 0 aliphatic heterocycles. The highest BCUT2D eigenvalue weighted by Gasteiger charge is 2.26. The molecule has 0 spiro atoms. The highest BCUT2D eigenvalue weighted by Crippen LogP contribution is 2.29. The van der Waals surface area contributed by atoms with E-state index in [0.29, 0.717) is 5.56 Å². The lowest BCUT2D eigenvalue weighted by Gasteiger charge is -2.26. The van der Waals surface area contributed by atoms with Crippen LogP contribution in [0.5, 0.6) is 0 Å². The fourth-order valence-corrected chi connectivity index (χ4v) is 2.52. The van der Waals surface area contributed by atoms with Crippen LogP contribution in [-0.2, 0) is 12.0 Å². The lowest BCUT2D eigenvalue weighted by atomic mass is 9.85. The molecule has 0 amide bonds. The van der Waals surface area contributed by atoms with Crippen LogP contribution in [0.2, 0.25) is 0 Å². The summed E-state index contributed by atoms with van der Waals surface area (Å²) in [5, 5.41) is 10.7. The van der Waals surface area contributed by atoms with Crippen molar-refractivity contribution in [1.82, 2.24) is 0 Å². The second kappa shape index (κ2) is 5.33. The molecule has 1 atom stereocenters. The van der Waals surface area contributed by atoms with Crippen molar-refractivity contribution < 1.29 is 13.9 Å². The van der Waals surface area contributed by atoms with Crippen LogP contribution in [0.3, 0.4) is 0 Å². The second-order valence-corrected chi connectivity index (χ2v) is 5.55. The van der Waals surface area contributed by atoms with Crippen LogP contribution in [0.4, 0.5) is 8.78 Å². The molecule has 0 aliphatic carbocycles. The number of hydrogen-bond donors (Lipinski definition) is 1. The molecule has 2 rings (SSSR count). The van der Waals surface area contributed by atoms with Gasteiger partial charge in [0.25, 0.3) is 0 Å². The minimum absolute atomic E-state index is 0.159. The van der Waals surface area contributed by atoms with Crippen LogP contribution in [0.25, 0.3) is 0 Å². The largest absolute Gasteiger partial charge is 0.385 e. The first-order valence-corrected chi connectivity index (χ1v) is 6.53. The Morgan fingerprint density at radius 3 is 2.20 bits per heavy atom. The number of aryl methyl sites for hydroxylation is 2. The SMILES string of the molecule is Cc1ccc(C)c(C(C)(O)Cc2cc(F)cc(F)c2)c1. The van der Waals surface area contributed by atoms with Crippen molar-refractivity contribution in [3.05, 3.63) is 70.3 Å². The van der Waals surface area contributed by atoms with E-state index in [1.807, 2.05) is 32.0 Å². The molecule has 0 aliphatic rings. The van der Waals surface area contributed by atoms with Crippen molar-refractivity contribution >= 4 is 0 Å². The minimum Gasteiger partial charge on any atom is -0.385 e. The molecule has 0 fully saturated rings. The van der Waals surface area contributed by atoms with Crippen LogP contribution in [-0.4, -0.2) is 5.11 Å². The quantitative estimate of drug-likeness (QED) is 0.897. The first kappa shape index (κ1) is 14.7. The van der Waals surface area contributed by atoms with Gasteiger partial charge in [0.05, 0.1) is 5.60 Å². The Hall–Kier alpha value is -1.74. The highest BCUT2D eigenvalue weighted by atomic mass is 19.1. The fourth-order valence-electron chi connectivity index (χ4n) is 2.52. The van der Waals surface area contributed by atoms with Crippen LogP contribution in [0.1, 0.15) is 29.2 Å². The topological polar surface area (TPSA) is 20.2 Å². The van der Waals surface area contributed by atoms with E-state index >= 15 is 0 Å².